The zero-order chi connectivity index (χ0) is 42.7. The van der Waals surface area contributed by atoms with E-state index in [-0.39, 0.29) is 0 Å². The maximum absolute atomic E-state index is 14.9. The number of pyridine rings is 1. The number of aryl methyl sites for hydroxylation is 2. The normalized spacial score (nSPS) is 15.7. The molecule has 1 aliphatic heterocycles. The Kier molecular flexibility index (Phi) is 14.7. The molecule has 0 radical (unpaired) electrons. The smallest absolute Gasteiger partial charge is 0.261 e. The van der Waals surface area contributed by atoms with Gasteiger partial charge in [0, 0.05) is 90.5 Å². The summed E-state index contributed by atoms with van der Waals surface area (Å²) in [4.78, 5) is 9.92. The first kappa shape index (κ1) is 43.7. The maximum Gasteiger partial charge on any atom is 0.261 e. The van der Waals surface area contributed by atoms with Crippen molar-refractivity contribution in [3.63, 3.8) is 0 Å². The summed E-state index contributed by atoms with van der Waals surface area (Å²) in [5.41, 5.74) is 8.23. The summed E-state index contributed by atoms with van der Waals surface area (Å²) in [6, 6.07) is 45.5. The van der Waals surface area contributed by atoms with Crippen LogP contribution in [-0.2, 0) is 26.7 Å². The average Bonchev–Trinajstić information content (AvgIpc) is 3.38. The van der Waals surface area contributed by atoms with Crippen LogP contribution in [0.15, 0.2) is 140 Å². The predicted molar refractivity (Wildman–Crippen MR) is 253 cm³/mol. The molecule has 0 aliphatic carbocycles. The summed E-state index contributed by atoms with van der Waals surface area (Å²) in [7, 11) is -6.42. The Morgan fingerprint density at radius 3 is 1.69 bits per heavy atom. The summed E-state index contributed by atoms with van der Waals surface area (Å²) in [6.45, 7) is 14.3. The molecule has 0 saturated carbocycles. The topological polar surface area (TPSA) is 74.8 Å². The molecule has 0 bridgehead atoms. The highest BCUT2D eigenvalue weighted by atomic mass is 31.2. The predicted octanol–water partition coefficient (Wildman–Crippen LogP) is 7.61. The monoisotopic (exact) mass is 844 g/mol. The van der Waals surface area contributed by atoms with Crippen LogP contribution in [0.2, 0.25) is 0 Å². The van der Waals surface area contributed by atoms with Gasteiger partial charge in [0.05, 0.1) is 12.3 Å². The molecule has 7 rings (SSSR count). The Balaban J connectivity index is 1.17. The lowest BCUT2D eigenvalue weighted by Crippen LogP contribution is -2.36. The van der Waals surface area contributed by atoms with Crippen molar-refractivity contribution in [2.45, 2.75) is 33.9 Å². The number of nitrogens with zero attached hydrogens (tertiary/aromatic N) is 3. The Bertz CT molecular complexity index is 2650. The van der Waals surface area contributed by atoms with E-state index in [4.69, 9.17) is 9.51 Å². The maximum atomic E-state index is 14.9. The van der Waals surface area contributed by atoms with Crippen molar-refractivity contribution in [1.29, 1.82) is 0 Å². The highest BCUT2D eigenvalue weighted by molar-refractivity contribution is 7.77. The van der Waals surface area contributed by atoms with E-state index >= 15 is 0 Å². The van der Waals surface area contributed by atoms with Crippen LogP contribution in [0.1, 0.15) is 51.6 Å². The summed E-state index contributed by atoms with van der Waals surface area (Å²) < 4.78 is 35.5. The van der Waals surface area contributed by atoms with E-state index in [2.05, 4.69) is 83.0 Å². The van der Waals surface area contributed by atoms with E-state index in [0.717, 1.165) is 78.1 Å². The summed E-state index contributed by atoms with van der Waals surface area (Å²) in [6.07, 6.45) is 0. The van der Waals surface area contributed by atoms with E-state index in [1.807, 2.05) is 116 Å². The molecule has 2 unspecified atom stereocenters. The lowest BCUT2D eigenvalue weighted by molar-refractivity contribution is 0.208. The lowest BCUT2D eigenvalue weighted by atomic mass is 10.1. The van der Waals surface area contributed by atoms with Crippen molar-refractivity contribution >= 4 is 35.9 Å². The molecule has 6 aromatic rings. The zero-order valence-corrected chi connectivity index (χ0v) is 37.4. The van der Waals surface area contributed by atoms with Crippen molar-refractivity contribution in [1.82, 2.24) is 20.1 Å². The molecule has 1 aliphatic rings. The molecule has 1 aromatic heterocycles. The van der Waals surface area contributed by atoms with Crippen molar-refractivity contribution in [2.24, 2.45) is 0 Å². The van der Waals surface area contributed by atoms with Gasteiger partial charge in [-0.05, 0) is 99.7 Å². The summed E-state index contributed by atoms with van der Waals surface area (Å²) >= 11 is 0. The van der Waals surface area contributed by atoms with Crippen LogP contribution in [0, 0.1) is 37.5 Å². The van der Waals surface area contributed by atoms with E-state index < -0.39 is 14.5 Å². The van der Waals surface area contributed by atoms with Crippen LogP contribution >= 0.6 is 14.5 Å². The van der Waals surface area contributed by atoms with Crippen molar-refractivity contribution < 1.29 is 13.7 Å². The van der Waals surface area contributed by atoms with Gasteiger partial charge in [0.1, 0.15) is 5.44 Å². The third kappa shape index (κ3) is 11.7. The molecule has 2 heterocycles. The number of nitrogens with one attached hydrogen (secondary N) is 1. The molecular weight excluding hydrogens is 791 g/mol. The zero-order valence-electron chi connectivity index (χ0n) is 35.6. The van der Waals surface area contributed by atoms with Crippen molar-refractivity contribution in [3.05, 3.63) is 184 Å². The van der Waals surface area contributed by atoms with E-state index in [9.17, 15) is 9.13 Å². The Hall–Kier alpha value is -5.33. The SMILES string of the molecule is CCOP(=O)(c1ccccc1)c1cc(C#Cc2ccc(C)cc2)cc(CN2CCNCCN(Cc3cc(C#Cc4ccc(C)cc4)cc(P(C)(=O)c4ccccc4)n3)CC2)c1. The molecule has 0 amide bonds. The highest BCUT2D eigenvalue weighted by Gasteiger charge is 2.29. The Morgan fingerprint density at radius 1 is 0.590 bits per heavy atom. The van der Waals surface area contributed by atoms with Gasteiger partial charge in [-0.15, -0.1) is 0 Å². The number of hydrogen-bond acceptors (Lipinski definition) is 7. The minimum atomic E-state index is -3.41. The van der Waals surface area contributed by atoms with Gasteiger partial charge in [0.2, 0.25) is 0 Å². The fourth-order valence-electron chi connectivity index (χ4n) is 7.37. The van der Waals surface area contributed by atoms with E-state index in [1.54, 1.807) is 6.66 Å². The summed E-state index contributed by atoms with van der Waals surface area (Å²) in [5.74, 6) is 13.4. The molecule has 1 saturated heterocycles. The third-order valence-corrected chi connectivity index (χ3v) is 15.7. The molecule has 0 spiro atoms. The summed E-state index contributed by atoms with van der Waals surface area (Å²) in [5, 5.41) is 5.72. The molecule has 1 N–H and O–H groups in total. The molecule has 310 valence electrons. The number of benzene rings is 5. The van der Waals surface area contributed by atoms with Gasteiger partial charge >= 0.3 is 0 Å². The van der Waals surface area contributed by atoms with Crippen molar-refractivity contribution in [2.75, 3.05) is 52.5 Å². The molecule has 2 atom stereocenters. The quantitative estimate of drug-likeness (QED) is 0.113. The molecule has 61 heavy (non-hydrogen) atoms. The highest BCUT2D eigenvalue weighted by Crippen LogP contribution is 2.45. The third-order valence-electron chi connectivity index (χ3n) is 10.8. The first-order chi connectivity index (χ1) is 29.6. The molecule has 9 heteroatoms. The van der Waals surface area contributed by atoms with Crippen LogP contribution in [0.25, 0.3) is 0 Å². The van der Waals surface area contributed by atoms with Crippen LogP contribution in [0.3, 0.4) is 0 Å². The van der Waals surface area contributed by atoms with Crippen LogP contribution < -0.4 is 26.7 Å². The Labute approximate surface area is 362 Å². The second-order valence-electron chi connectivity index (χ2n) is 15.7. The average molecular weight is 845 g/mol. The first-order valence-electron chi connectivity index (χ1n) is 21.0. The van der Waals surface area contributed by atoms with Gasteiger partial charge in [0.25, 0.3) is 7.37 Å². The lowest BCUT2D eigenvalue weighted by Gasteiger charge is -2.26. The number of aromatic nitrogens is 1. The largest absolute Gasteiger partial charge is 0.322 e. The minimum Gasteiger partial charge on any atom is -0.322 e. The fourth-order valence-corrected chi connectivity index (χ4v) is 11.3. The first-order valence-corrected chi connectivity index (χ1v) is 24.8. The second-order valence-corrected chi connectivity index (χ2v) is 20.9. The number of hydrogen-bond donors (Lipinski definition) is 1. The molecular formula is C52H54N4O3P2. The van der Waals surface area contributed by atoms with Crippen molar-refractivity contribution in [3.8, 4) is 23.7 Å². The second kappa shape index (κ2) is 20.5. The standard InChI is InChI=1S/C52H54N4O3P2/c1-5-59-61(58,50-14-10-7-11-15-50)51-36-45(26-24-43-20-16-41(2)17-21-43)34-47(37-51)39-55-30-28-53-29-31-56(33-32-55)40-48-35-46(27-25-44-22-18-42(3)19-23-44)38-52(54-48)60(4,57)49-12-8-6-9-13-49/h6-23,34-38,53H,5,28-33,39-40H2,1-4H3. The van der Waals surface area contributed by atoms with Gasteiger partial charge in [-0.1, -0.05) is 108 Å². The van der Waals surface area contributed by atoms with Gasteiger partial charge in [-0.2, -0.15) is 0 Å². The molecule has 5 aromatic carbocycles. The van der Waals surface area contributed by atoms with E-state index in [1.165, 1.54) is 11.1 Å². The molecule has 7 nitrogen and oxygen atoms in total. The molecule has 1 fully saturated rings. The van der Waals surface area contributed by atoms with Gasteiger partial charge in [-0.3, -0.25) is 14.4 Å². The van der Waals surface area contributed by atoms with Gasteiger partial charge in [-0.25, -0.2) is 4.98 Å². The fraction of sp³-hybridized carbons (Fsp3) is 0.250. The van der Waals surface area contributed by atoms with Gasteiger partial charge in [0.15, 0.2) is 7.14 Å². The van der Waals surface area contributed by atoms with Crippen LogP contribution in [-0.4, -0.2) is 67.3 Å². The van der Waals surface area contributed by atoms with Gasteiger partial charge < -0.3 is 14.4 Å². The Morgan fingerprint density at radius 2 is 1.11 bits per heavy atom. The van der Waals surface area contributed by atoms with E-state index in [0.29, 0.717) is 35.7 Å². The minimum absolute atomic E-state index is 0.315. The van der Waals surface area contributed by atoms with Crippen LogP contribution in [0.5, 0.6) is 0 Å². The van der Waals surface area contributed by atoms with Crippen LogP contribution in [0.4, 0.5) is 0 Å². The number of rotatable bonds is 10.